The highest BCUT2D eigenvalue weighted by atomic mass is 32.2. The van der Waals surface area contributed by atoms with Crippen LogP contribution in [0.2, 0.25) is 0 Å². The molecule has 4 nitrogen and oxygen atoms in total. The Kier molecular flexibility index (Phi) is 4.56. The van der Waals surface area contributed by atoms with Gasteiger partial charge in [0.2, 0.25) is 0 Å². The summed E-state index contributed by atoms with van der Waals surface area (Å²) in [6, 6.07) is 11.7. The van der Waals surface area contributed by atoms with Crippen LogP contribution in [0, 0.1) is 13.8 Å². The summed E-state index contributed by atoms with van der Waals surface area (Å²) in [5, 5.41) is 4.36. The third-order valence-corrected chi connectivity index (χ3v) is 5.22. The van der Waals surface area contributed by atoms with Gasteiger partial charge in [-0.25, -0.2) is 8.72 Å². The molecule has 0 bridgehead atoms. The first-order valence-corrected chi connectivity index (χ1v) is 9.00. The van der Waals surface area contributed by atoms with Gasteiger partial charge in [0.15, 0.2) is 11.1 Å². The lowest BCUT2D eigenvalue weighted by Crippen LogP contribution is -2.25. The third-order valence-electron chi connectivity index (χ3n) is 4.23. The van der Waals surface area contributed by atoms with Gasteiger partial charge in [0.05, 0.1) is 23.2 Å². The van der Waals surface area contributed by atoms with Crippen LogP contribution in [0.4, 0.5) is 0 Å². The summed E-state index contributed by atoms with van der Waals surface area (Å²) >= 11 is -1.46. The molecular weight excluding hydrogens is 320 g/mol. The van der Waals surface area contributed by atoms with E-state index in [0.29, 0.717) is 11.5 Å². The van der Waals surface area contributed by atoms with E-state index in [1.165, 1.54) is 0 Å². The lowest BCUT2D eigenvalue weighted by Gasteiger charge is -2.24. The van der Waals surface area contributed by atoms with Gasteiger partial charge in [0, 0.05) is 11.6 Å². The molecule has 3 aromatic rings. The van der Waals surface area contributed by atoms with Gasteiger partial charge >= 0.3 is 0 Å². The van der Waals surface area contributed by atoms with Gasteiger partial charge in [-0.1, -0.05) is 37.6 Å². The molecule has 126 valence electrons. The Labute approximate surface area is 145 Å². The average molecular weight is 342 g/mol. The number of aryl methyl sites for hydroxylation is 2. The number of fused-ring (bicyclic) bond motifs is 1. The topological polar surface area (TPSA) is 43.6 Å². The zero-order chi connectivity index (χ0) is 17.3. The smallest absolute Gasteiger partial charge is 0.189 e. The summed E-state index contributed by atoms with van der Waals surface area (Å²) in [4.78, 5) is 0.689. The molecule has 0 saturated carbocycles. The second kappa shape index (κ2) is 6.49. The van der Waals surface area contributed by atoms with E-state index in [0.717, 1.165) is 22.2 Å². The van der Waals surface area contributed by atoms with Crippen molar-refractivity contribution in [3.63, 3.8) is 0 Å². The van der Waals surface area contributed by atoms with E-state index in [2.05, 4.69) is 31.1 Å². The predicted octanol–water partition coefficient (Wildman–Crippen LogP) is 3.97. The number of benzene rings is 1. The Morgan fingerprint density at radius 3 is 2.54 bits per heavy atom. The molecule has 0 spiro atoms. The van der Waals surface area contributed by atoms with Crippen molar-refractivity contribution in [3.05, 3.63) is 65.5 Å². The van der Waals surface area contributed by atoms with Crippen LogP contribution in [0.25, 0.3) is 5.52 Å². The maximum Gasteiger partial charge on any atom is 0.189 e. The molecule has 2 heterocycles. The van der Waals surface area contributed by atoms with E-state index in [4.69, 9.17) is 4.18 Å². The summed E-state index contributed by atoms with van der Waals surface area (Å²) in [6.45, 7) is 8.57. The van der Waals surface area contributed by atoms with Gasteiger partial charge in [0.1, 0.15) is 0 Å². The Balaban J connectivity index is 1.74. The second-order valence-electron chi connectivity index (χ2n) is 6.77. The summed E-state index contributed by atoms with van der Waals surface area (Å²) in [7, 11) is 0. The maximum absolute atomic E-state index is 12.3. The molecule has 0 aliphatic heterocycles. The van der Waals surface area contributed by atoms with Crippen molar-refractivity contribution in [3.8, 4) is 0 Å². The summed E-state index contributed by atoms with van der Waals surface area (Å²) in [5.41, 5.74) is 4.21. The number of rotatable bonds is 5. The van der Waals surface area contributed by atoms with Crippen LogP contribution in [0.1, 0.15) is 30.5 Å². The number of hydrogen-bond donors (Lipinski definition) is 0. The van der Waals surface area contributed by atoms with Crippen molar-refractivity contribution in [2.75, 3.05) is 6.61 Å². The van der Waals surface area contributed by atoms with E-state index >= 15 is 0 Å². The molecule has 5 heteroatoms. The summed E-state index contributed by atoms with van der Waals surface area (Å²) in [6.07, 6.45) is 3.87. The van der Waals surface area contributed by atoms with Crippen molar-refractivity contribution < 1.29 is 8.39 Å². The van der Waals surface area contributed by atoms with E-state index in [-0.39, 0.29) is 5.41 Å². The predicted molar refractivity (Wildman–Crippen MR) is 96.5 cm³/mol. The van der Waals surface area contributed by atoms with Gasteiger partial charge in [-0.05, 0) is 43.2 Å². The molecule has 1 aromatic carbocycles. The fraction of sp³-hybridized carbons (Fsp3) is 0.316. The van der Waals surface area contributed by atoms with E-state index in [1.54, 1.807) is 0 Å². The number of nitrogens with zero attached hydrogens (tertiary/aromatic N) is 2. The molecule has 0 amide bonds. The molecule has 3 rings (SSSR count). The summed E-state index contributed by atoms with van der Waals surface area (Å²) in [5.74, 6) is 0. The van der Waals surface area contributed by atoms with Crippen molar-refractivity contribution in [1.82, 2.24) is 9.61 Å². The van der Waals surface area contributed by atoms with Gasteiger partial charge in [0.25, 0.3) is 0 Å². The van der Waals surface area contributed by atoms with Crippen molar-refractivity contribution >= 4 is 16.6 Å². The fourth-order valence-electron chi connectivity index (χ4n) is 2.51. The minimum absolute atomic E-state index is 0.269. The highest BCUT2D eigenvalue weighted by Gasteiger charge is 2.23. The minimum Gasteiger partial charge on any atom is -0.286 e. The van der Waals surface area contributed by atoms with E-state index < -0.39 is 11.1 Å². The van der Waals surface area contributed by atoms with Crippen LogP contribution in [0.15, 0.2) is 53.7 Å². The molecule has 2 aromatic heterocycles. The van der Waals surface area contributed by atoms with Gasteiger partial charge < -0.3 is 0 Å². The molecular formula is C19H22N2O2S. The van der Waals surface area contributed by atoms with Gasteiger partial charge in [-0.3, -0.25) is 4.18 Å². The molecule has 0 fully saturated rings. The SMILES string of the molecule is Cc1ccc(S(=O)OCC(C)(C)c2ccc3c(C)cnn3c2)cc1. The normalized spacial score (nSPS) is 13.3. The Morgan fingerprint density at radius 2 is 1.83 bits per heavy atom. The maximum atomic E-state index is 12.3. The zero-order valence-corrected chi connectivity index (χ0v) is 15.3. The summed E-state index contributed by atoms with van der Waals surface area (Å²) < 4.78 is 19.8. The highest BCUT2D eigenvalue weighted by Crippen LogP contribution is 2.25. The molecule has 24 heavy (non-hydrogen) atoms. The zero-order valence-electron chi connectivity index (χ0n) is 14.4. The first-order valence-electron chi connectivity index (χ1n) is 7.93. The number of hydrogen-bond acceptors (Lipinski definition) is 3. The van der Waals surface area contributed by atoms with Crippen LogP contribution in [-0.4, -0.2) is 20.4 Å². The van der Waals surface area contributed by atoms with Crippen molar-refractivity contribution in [2.45, 2.75) is 38.0 Å². The van der Waals surface area contributed by atoms with Gasteiger partial charge in [-0.2, -0.15) is 5.10 Å². The Bertz CT molecular complexity index is 882. The van der Waals surface area contributed by atoms with Crippen LogP contribution in [0.5, 0.6) is 0 Å². The first kappa shape index (κ1) is 16.9. The fourth-order valence-corrected chi connectivity index (χ4v) is 3.41. The second-order valence-corrected chi connectivity index (χ2v) is 7.95. The van der Waals surface area contributed by atoms with E-state index in [1.807, 2.05) is 55.0 Å². The lowest BCUT2D eigenvalue weighted by atomic mass is 9.87. The van der Waals surface area contributed by atoms with Crippen molar-refractivity contribution in [2.24, 2.45) is 0 Å². The number of pyridine rings is 1. The minimum atomic E-state index is -1.46. The molecule has 0 N–H and O–H groups in total. The monoisotopic (exact) mass is 342 g/mol. The quantitative estimate of drug-likeness (QED) is 0.705. The molecule has 0 saturated heterocycles. The highest BCUT2D eigenvalue weighted by molar-refractivity contribution is 7.80. The molecule has 1 atom stereocenters. The molecule has 0 radical (unpaired) electrons. The van der Waals surface area contributed by atoms with E-state index in [9.17, 15) is 4.21 Å². The molecule has 0 aliphatic carbocycles. The Morgan fingerprint density at radius 1 is 1.12 bits per heavy atom. The van der Waals surface area contributed by atoms with Crippen LogP contribution >= 0.6 is 0 Å². The van der Waals surface area contributed by atoms with Crippen molar-refractivity contribution in [1.29, 1.82) is 0 Å². The molecule has 0 aliphatic rings. The average Bonchev–Trinajstić information content (AvgIpc) is 2.94. The largest absolute Gasteiger partial charge is 0.286 e. The lowest BCUT2D eigenvalue weighted by molar-refractivity contribution is 0.262. The standard InChI is InChI=1S/C19H22N2O2S/c1-14-5-8-17(9-6-14)24(22)23-13-19(3,4)16-7-10-18-15(2)11-20-21(18)12-16/h5-12H,13H2,1-4H3. The van der Waals surface area contributed by atoms with Crippen LogP contribution in [-0.2, 0) is 20.7 Å². The third kappa shape index (κ3) is 3.42. The number of aromatic nitrogens is 2. The molecule has 1 unspecified atom stereocenters. The van der Waals surface area contributed by atoms with Gasteiger partial charge in [-0.15, -0.1) is 0 Å². The Hall–Kier alpha value is -1.98. The first-order chi connectivity index (χ1) is 11.4. The van der Waals surface area contributed by atoms with Crippen LogP contribution < -0.4 is 0 Å². The van der Waals surface area contributed by atoms with Crippen LogP contribution in [0.3, 0.4) is 0 Å².